The van der Waals surface area contributed by atoms with Crippen LogP contribution in [0.3, 0.4) is 0 Å². The van der Waals surface area contributed by atoms with Crippen LogP contribution in [0.2, 0.25) is 0 Å². The topological polar surface area (TPSA) is 146 Å². The third-order valence-electron chi connectivity index (χ3n) is 27.8. The normalized spacial score (nSPS) is 13.0. The fourth-order valence-electron chi connectivity index (χ4n) is 21.3. The molecule has 0 aliphatic carbocycles. The van der Waals surface area contributed by atoms with Crippen LogP contribution in [0.15, 0.2) is 527 Å². The molecule has 702 valence electrons. The average Bonchev–Trinajstić information content (AvgIpc) is 1.54. The Morgan fingerprint density at radius 2 is 0.387 bits per heavy atom. The quantitative estimate of drug-likeness (QED) is 0.0979. The molecule has 0 saturated carbocycles. The minimum atomic E-state index is -0.482. The average molecular weight is 1930 g/mol. The van der Waals surface area contributed by atoms with E-state index in [0.717, 1.165) is 181 Å². The van der Waals surface area contributed by atoms with Crippen LogP contribution in [-0.4, -0.2) is 72.3 Å². The SMILES string of the molecule is [2H]c1c([2H])c([2H])c(-c2nc(-c3ccccc3)nc(-n3c4ccccc4c4ccc5c6ccccc6n(-c6ccc(-c7ccccc7)cc6)c5c43)n2)c([2H])c1[2H].[2H]c1c([2H])c([2H])c(-c2nc(-c3ccccc3)nc(-n3c4ccccc4c4ccc5c6ccccc6n(-c6cccc(-c7ccccc7)c6)c5c43)n2)c([2H])c1[2H].[2H]c1c([2H])c([2H])c(-c2nc(-c3ccccc3)nc(-n3c4ccccc4c4ccc5c6ccccc6n(-c6ccccc6-c6ccccc6)c5c43)n2)c([2H])c1[2H]. The van der Waals surface area contributed by atoms with Gasteiger partial charge in [0.15, 0.2) is 34.9 Å². The fraction of sp³-hybridized carbons (Fsp3) is 0. The lowest BCUT2D eigenvalue weighted by atomic mass is 10.0. The van der Waals surface area contributed by atoms with Gasteiger partial charge in [-0.15, -0.1) is 0 Å². The minimum absolute atomic E-state index is 0.0176. The first-order valence-electron chi connectivity index (χ1n) is 56.7. The number of fused-ring (bicyclic) bond motifs is 21. The summed E-state index contributed by atoms with van der Waals surface area (Å²) < 4.78 is 141. The van der Waals surface area contributed by atoms with Crippen molar-refractivity contribution in [1.82, 2.24) is 72.3 Å². The Bertz CT molecular complexity index is 11400. The molecule has 0 aliphatic rings. The first kappa shape index (κ1) is 72.7. The highest BCUT2D eigenvalue weighted by molar-refractivity contribution is 6.27. The molecule has 0 saturated heterocycles. The van der Waals surface area contributed by atoms with E-state index in [2.05, 4.69) is 244 Å². The Balaban J connectivity index is 0.000000116. The maximum atomic E-state index is 8.86. The van der Waals surface area contributed by atoms with Crippen molar-refractivity contribution in [2.45, 2.75) is 0 Å². The highest BCUT2D eigenvalue weighted by Crippen LogP contribution is 2.48. The summed E-state index contributed by atoms with van der Waals surface area (Å²) >= 11 is 0. The predicted molar refractivity (Wildman–Crippen MR) is 614 cm³/mol. The van der Waals surface area contributed by atoms with Crippen LogP contribution in [0.4, 0.5) is 0 Å². The molecule has 0 spiro atoms. The molecule has 30 rings (SSSR count). The maximum Gasteiger partial charge on any atom is 0.238 e. The smallest absolute Gasteiger partial charge is 0.238 e. The molecule has 15 nitrogen and oxygen atoms in total. The number of para-hydroxylation sites is 7. The molecule has 9 aromatic heterocycles. The van der Waals surface area contributed by atoms with Gasteiger partial charge in [0.25, 0.3) is 0 Å². The Morgan fingerprint density at radius 3 is 0.727 bits per heavy atom. The molecular weight excluding hydrogens is 1830 g/mol. The number of benzene rings is 21. The number of nitrogens with zero attached hydrogens (tertiary/aromatic N) is 15. The van der Waals surface area contributed by atoms with E-state index in [1.165, 1.54) is 0 Å². The molecule has 0 N–H and O–H groups in total. The van der Waals surface area contributed by atoms with Crippen LogP contribution in [0.1, 0.15) is 20.6 Å². The molecule has 0 amide bonds. The Kier molecular flexibility index (Phi) is 17.9. The second-order valence-corrected chi connectivity index (χ2v) is 36.3. The van der Waals surface area contributed by atoms with Crippen molar-refractivity contribution in [3.05, 3.63) is 527 Å². The molecule has 9 heterocycles. The van der Waals surface area contributed by atoms with Crippen LogP contribution < -0.4 is 0 Å². The zero-order valence-corrected chi connectivity index (χ0v) is 79.8. The van der Waals surface area contributed by atoms with Gasteiger partial charge in [-0.25, -0.2) is 15.0 Å². The summed E-state index contributed by atoms with van der Waals surface area (Å²) in [5.74, 6) is 1.63. The van der Waals surface area contributed by atoms with Crippen LogP contribution in [0.5, 0.6) is 0 Å². The Labute approximate surface area is 882 Å². The predicted octanol–water partition coefficient (Wildman–Crippen LogP) is 33.2. The summed E-state index contributed by atoms with van der Waals surface area (Å²) in [7, 11) is 0. The molecule has 0 aliphatic heterocycles. The summed E-state index contributed by atoms with van der Waals surface area (Å²) in [6, 6.07) is 141. The largest absolute Gasteiger partial charge is 0.307 e. The highest BCUT2D eigenvalue weighted by Gasteiger charge is 2.30. The number of aromatic nitrogens is 15. The van der Waals surface area contributed by atoms with Gasteiger partial charge in [-0.2, -0.15) is 29.9 Å². The summed E-state index contributed by atoms with van der Waals surface area (Å²) in [6.45, 7) is 0. The van der Waals surface area contributed by atoms with Crippen molar-refractivity contribution in [1.29, 1.82) is 0 Å². The zero-order valence-electron chi connectivity index (χ0n) is 94.8. The van der Waals surface area contributed by atoms with Gasteiger partial charge in [0, 0.05) is 115 Å². The van der Waals surface area contributed by atoms with E-state index in [0.29, 0.717) is 34.2 Å². The van der Waals surface area contributed by atoms with E-state index >= 15 is 0 Å². The third-order valence-corrected chi connectivity index (χ3v) is 27.8. The van der Waals surface area contributed by atoms with Crippen LogP contribution in [-0.2, 0) is 0 Å². The van der Waals surface area contributed by atoms with E-state index in [-0.39, 0.29) is 88.3 Å². The monoisotopic (exact) mass is 1930 g/mol. The van der Waals surface area contributed by atoms with Crippen molar-refractivity contribution in [2.24, 2.45) is 0 Å². The van der Waals surface area contributed by atoms with Gasteiger partial charge < -0.3 is 13.7 Å². The van der Waals surface area contributed by atoms with E-state index in [4.69, 9.17) is 65.4 Å². The molecule has 0 bridgehead atoms. The van der Waals surface area contributed by atoms with Crippen molar-refractivity contribution in [3.63, 3.8) is 0 Å². The number of hydrogen-bond acceptors (Lipinski definition) is 9. The first-order chi connectivity index (χ1) is 80.7. The van der Waals surface area contributed by atoms with Gasteiger partial charge in [-0.05, 0) is 94.5 Å². The fourth-order valence-corrected chi connectivity index (χ4v) is 21.3. The zero-order chi connectivity index (χ0) is 112. The Morgan fingerprint density at radius 1 is 0.147 bits per heavy atom. The molecular formula is C135H87N15. The van der Waals surface area contributed by atoms with Crippen LogP contribution >= 0.6 is 0 Å². The lowest BCUT2D eigenvalue weighted by molar-refractivity contribution is 0.953. The van der Waals surface area contributed by atoms with Gasteiger partial charge in [-0.3, -0.25) is 13.7 Å². The van der Waals surface area contributed by atoms with Crippen molar-refractivity contribution in [2.75, 3.05) is 0 Å². The second-order valence-electron chi connectivity index (χ2n) is 36.3. The molecule has 0 atom stereocenters. The van der Waals surface area contributed by atoms with Gasteiger partial charge in [0.05, 0.1) is 92.4 Å². The third kappa shape index (κ3) is 15.1. The minimum Gasteiger partial charge on any atom is -0.307 e. The summed E-state index contributed by atoms with van der Waals surface area (Å²) in [5.41, 5.74) is 22.4. The maximum absolute atomic E-state index is 8.86. The molecule has 0 radical (unpaired) electrons. The molecule has 30 aromatic rings. The highest BCUT2D eigenvalue weighted by atomic mass is 15.2. The van der Waals surface area contributed by atoms with Gasteiger partial charge in [0.1, 0.15) is 0 Å². The Hall–Kier alpha value is -20.5. The summed E-state index contributed by atoms with van der Waals surface area (Å²) in [6.07, 6.45) is 0. The van der Waals surface area contributed by atoms with E-state index in [1.807, 2.05) is 220 Å². The summed E-state index contributed by atoms with van der Waals surface area (Å²) in [4.78, 5) is 44.5. The number of rotatable bonds is 15. The van der Waals surface area contributed by atoms with Crippen LogP contribution in [0, 0.1) is 0 Å². The van der Waals surface area contributed by atoms with Gasteiger partial charge in [0.2, 0.25) is 17.8 Å². The molecule has 150 heavy (non-hydrogen) atoms. The first-order valence-corrected chi connectivity index (χ1v) is 49.2. The van der Waals surface area contributed by atoms with Crippen molar-refractivity contribution < 1.29 is 20.6 Å². The van der Waals surface area contributed by atoms with E-state index in [1.54, 1.807) is 0 Å². The lowest BCUT2D eigenvalue weighted by Gasteiger charge is -2.16. The van der Waals surface area contributed by atoms with E-state index in [9.17, 15) is 0 Å². The van der Waals surface area contributed by atoms with Gasteiger partial charge >= 0.3 is 0 Å². The van der Waals surface area contributed by atoms with Gasteiger partial charge in [-0.1, -0.05) is 461 Å². The molecule has 21 aromatic carbocycles. The molecule has 15 heteroatoms. The lowest BCUT2D eigenvalue weighted by Crippen LogP contribution is -2.07. The van der Waals surface area contributed by atoms with Crippen molar-refractivity contribution in [3.8, 4) is 137 Å². The van der Waals surface area contributed by atoms with Crippen LogP contribution in [0.25, 0.3) is 267 Å². The number of hydrogen-bond donors (Lipinski definition) is 0. The van der Waals surface area contributed by atoms with Crippen molar-refractivity contribution >= 4 is 131 Å². The molecule has 0 unspecified atom stereocenters. The van der Waals surface area contributed by atoms with E-state index < -0.39 is 54.4 Å². The summed E-state index contributed by atoms with van der Waals surface area (Å²) in [5, 5.41) is 12.3. The second kappa shape index (κ2) is 37.0. The standard InChI is InChI=1S/3C45H29N5/c1-4-16-30(17-5-1)33-22-10-13-25-38(33)49-39-26-14-11-23-34(39)36-28-29-37-35-24-12-15-27-40(35)50(42(37)41(36)49)45-47-43(31-18-6-2-7-19-31)46-44(48-45)32-20-8-3-9-21-32;1-4-15-30(16-5-1)33-21-14-22-34(29-33)49-39-25-12-10-23-35(39)37-27-28-38-36-24-11-13-26-40(36)50(42(38)41(37)49)45-47-43(31-17-6-2-7-18-31)46-44(48-45)32-19-8-3-9-20-32;1-4-14-30(15-5-1)31-24-26-34(27-25-31)49-39-22-12-10-20-35(39)37-28-29-38-36-21-11-13-23-40(36)50(42(38)41(37)49)45-47-43(32-16-6-2-7-17-32)46-44(48-45)33-18-8-3-9-19-33/h3*1-29H/i2D,6D,7D,18D,19D;2D,6D,7D,17D,18D;2D,6D,7D,16D,17D. The molecule has 0 fully saturated rings.